The summed E-state index contributed by atoms with van der Waals surface area (Å²) in [6, 6.07) is 0.342. The van der Waals surface area contributed by atoms with E-state index in [9.17, 15) is 0 Å². The lowest BCUT2D eigenvalue weighted by molar-refractivity contribution is 0.275. The molecule has 2 rings (SSSR count). The van der Waals surface area contributed by atoms with Crippen LogP contribution in [0.2, 0.25) is 5.28 Å². The molecular formula is C14H23ClN4O. The predicted octanol–water partition coefficient (Wildman–Crippen LogP) is 3.33. The molecule has 20 heavy (non-hydrogen) atoms. The second-order valence-electron chi connectivity index (χ2n) is 5.62. The maximum atomic E-state index is 5.96. The Balaban J connectivity index is 1.93. The van der Waals surface area contributed by atoms with Crippen molar-refractivity contribution < 1.29 is 4.74 Å². The van der Waals surface area contributed by atoms with Gasteiger partial charge in [-0.2, -0.15) is 15.0 Å². The van der Waals surface area contributed by atoms with Crippen LogP contribution in [0.25, 0.3) is 0 Å². The molecule has 0 bridgehead atoms. The van der Waals surface area contributed by atoms with Crippen LogP contribution in [-0.4, -0.2) is 34.6 Å². The maximum Gasteiger partial charge on any atom is 0.322 e. The van der Waals surface area contributed by atoms with E-state index in [4.69, 9.17) is 16.3 Å². The Morgan fingerprint density at radius 1 is 1.15 bits per heavy atom. The number of ether oxygens (including phenoxy) is 1. The third-order valence-electron chi connectivity index (χ3n) is 3.37. The van der Waals surface area contributed by atoms with E-state index < -0.39 is 0 Å². The molecule has 0 atom stereocenters. The standard InChI is InChI=1S/C14H23ClN4O/c1-11(2)7-6-10-20-14-17-12(15)16-13(18-14)19-8-4-3-5-9-19/h11H,3-10H2,1-2H3. The first-order valence-electron chi connectivity index (χ1n) is 7.44. The van der Waals surface area contributed by atoms with E-state index in [2.05, 4.69) is 33.7 Å². The first-order chi connectivity index (χ1) is 9.65. The van der Waals surface area contributed by atoms with Crippen LogP contribution in [0.15, 0.2) is 0 Å². The number of hydrogen-bond acceptors (Lipinski definition) is 5. The number of anilines is 1. The number of aromatic nitrogens is 3. The molecule has 112 valence electrons. The minimum absolute atomic E-state index is 0.208. The molecule has 0 spiro atoms. The van der Waals surface area contributed by atoms with Crippen LogP contribution < -0.4 is 9.64 Å². The largest absolute Gasteiger partial charge is 0.463 e. The zero-order valence-corrected chi connectivity index (χ0v) is 13.1. The minimum atomic E-state index is 0.208. The molecule has 0 saturated carbocycles. The molecule has 5 nitrogen and oxygen atoms in total. The third-order valence-corrected chi connectivity index (χ3v) is 3.54. The van der Waals surface area contributed by atoms with Gasteiger partial charge in [0.05, 0.1) is 6.61 Å². The third kappa shape index (κ3) is 4.78. The molecule has 2 heterocycles. The first kappa shape index (κ1) is 15.3. The van der Waals surface area contributed by atoms with Gasteiger partial charge < -0.3 is 9.64 Å². The van der Waals surface area contributed by atoms with E-state index in [1.165, 1.54) is 19.3 Å². The zero-order chi connectivity index (χ0) is 14.4. The van der Waals surface area contributed by atoms with Crippen molar-refractivity contribution >= 4 is 17.5 Å². The molecule has 0 amide bonds. The Kier molecular flexibility index (Phi) is 5.83. The Bertz CT molecular complexity index is 422. The van der Waals surface area contributed by atoms with Crippen molar-refractivity contribution in [3.63, 3.8) is 0 Å². The summed E-state index contributed by atoms with van der Waals surface area (Å²) in [4.78, 5) is 14.8. The van der Waals surface area contributed by atoms with Gasteiger partial charge in [0.1, 0.15) is 0 Å². The highest BCUT2D eigenvalue weighted by atomic mass is 35.5. The van der Waals surface area contributed by atoms with E-state index in [1.54, 1.807) is 0 Å². The summed E-state index contributed by atoms with van der Waals surface area (Å²) in [5.74, 6) is 1.33. The number of hydrogen-bond donors (Lipinski definition) is 0. The second kappa shape index (κ2) is 7.62. The molecule has 0 unspecified atom stereocenters. The van der Waals surface area contributed by atoms with Gasteiger partial charge in [-0.15, -0.1) is 0 Å². The average molecular weight is 299 g/mol. The molecule has 1 aliphatic rings. The molecule has 0 radical (unpaired) electrons. The molecule has 1 saturated heterocycles. The van der Waals surface area contributed by atoms with Crippen LogP contribution >= 0.6 is 11.6 Å². The summed E-state index contributed by atoms with van der Waals surface area (Å²) in [5, 5.41) is 0.208. The summed E-state index contributed by atoms with van der Waals surface area (Å²) in [6.07, 6.45) is 5.76. The van der Waals surface area contributed by atoms with Gasteiger partial charge in [-0.25, -0.2) is 0 Å². The topological polar surface area (TPSA) is 51.1 Å². The van der Waals surface area contributed by atoms with Crippen LogP contribution in [0, 0.1) is 5.92 Å². The number of rotatable bonds is 6. The molecule has 6 heteroatoms. The number of piperidine rings is 1. The molecule has 0 aromatic carbocycles. The van der Waals surface area contributed by atoms with E-state index in [0.717, 1.165) is 25.9 Å². The summed E-state index contributed by atoms with van der Waals surface area (Å²) >= 11 is 5.96. The molecule has 1 fully saturated rings. The Morgan fingerprint density at radius 3 is 2.60 bits per heavy atom. The van der Waals surface area contributed by atoms with Crippen LogP contribution in [0.1, 0.15) is 46.0 Å². The maximum absolute atomic E-state index is 5.96. The van der Waals surface area contributed by atoms with Crippen LogP contribution in [0.3, 0.4) is 0 Å². The van der Waals surface area contributed by atoms with Gasteiger partial charge in [0.15, 0.2) is 0 Å². The van der Waals surface area contributed by atoms with Gasteiger partial charge in [-0.3, -0.25) is 0 Å². The van der Waals surface area contributed by atoms with Gasteiger partial charge in [0.25, 0.3) is 0 Å². The number of nitrogens with zero attached hydrogens (tertiary/aromatic N) is 4. The molecule has 1 aromatic heterocycles. The van der Waals surface area contributed by atoms with Crippen LogP contribution in [0.5, 0.6) is 6.01 Å². The van der Waals surface area contributed by atoms with E-state index in [-0.39, 0.29) is 5.28 Å². The molecule has 1 aromatic rings. The van der Waals surface area contributed by atoms with Gasteiger partial charge >= 0.3 is 6.01 Å². The molecule has 1 aliphatic heterocycles. The van der Waals surface area contributed by atoms with Gasteiger partial charge in [-0.1, -0.05) is 13.8 Å². The summed E-state index contributed by atoms with van der Waals surface area (Å²) in [6.45, 7) is 6.99. The van der Waals surface area contributed by atoms with Crippen LogP contribution in [-0.2, 0) is 0 Å². The lowest BCUT2D eigenvalue weighted by Crippen LogP contribution is -2.31. The van der Waals surface area contributed by atoms with Crippen molar-refractivity contribution in [1.82, 2.24) is 15.0 Å². The fraction of sp³-hybridized carbons (Fsp3) is 0.786. The van der Waals surface area contributed by atoms with Gasteiger partial charge in [0.2, 0.25) is 11.2 Å². The highest BCUT2D eigenvalue weighted by molar-refractivity contribution is 6.28. The minimum Gasteiger partial charge on any atom is -0.463 e. The monoisotopic (exact) mass is 298 g/mol. The normalized spacial score (nSPS) is 15.7. The fourth-order valence-electron chi connectivity index (χ4n) is 2.28. The first-order valence-corrected chi connectivity index (χ1v) is 7.82. The van der Waals surface area contributed by atoms with Crippen molar-refractivity contribution in [3.8, 4) is 6.01 Å². The summed E-state index contributed by atoms with van der Waals surface area (Å²) in [7, 11) is 0. The lowest BCUT2D eigenvalue weighted by atomic mass is 10.1. The quantitative estimate of drug-likeness (QED) is 0.754. The van der Waals surface area contributed by atoms with Gasteiger partial charge in [0, 0.05) is 13.1 Å². The second-order valence-corrected chi connectivity index (χ2v) is 5.96. The Hall–Kier alpha value is -1.10. The van der Waals surface area contributed by atoms with Crippen molar-refractivity contribution in [1.29, 1.82) is 0 Å². The van der Waals surface area contributed by atoms with Crippen molar-refractivity contribution in [3.05, 3.63) is 5.28 Å². The van der Waals surface area contributed by atoms with E-state index >= 15 is 0 Å². The Labute approximate surface area is 125 Å². The smallest absolute Gasteiger partial charge is 0.322 e. The summed E-state index contributed by atoms with van der Waals surface area (Å²) in [5.41, 5.74) is 0. The highest BCUT2D eigenvalue weighted by Crippen LogP contribution is 2.19. The number of halogens is 1. The molecule has 0 aliphatic carbocycles. The summed E-state index contributed by atoms with van der Waals surface area (Å²) < 4.78 is 5.60. The van der Waals surface area contributed by atoms with Crippen molar-refractivity contribution in [2.75, 3.05) is 24.6 Å². The average Bonchev–Trinajstić information content (AvgIpc) is 2.44. The SMILES string of the molecule is CC(C)CCCOc1nc(Cl)nc(N2CCCCC2)n1. The van der Waals surface area contributed by atoms with Gasteiger partial charge in [-0.05, 0) is 49.6 Å². The van der Waals surface area contributed by atoms with E-state index in [0.29, 0.717) is 24.5 Å². The van der Waals surface area contributed by atoms with Crippen molar-refractivity contribution in [2.45, 2.75) is 46.0 Å². The fourth-order valence-corrected chi connectivity index (χ4v) is 2.42. The van der Waals surface area contributed by atoms with E-state index in [1.807, 2.05) is 0 Å². The zero-order valence-electron chi connectivity index (χ0n) is 12.3. The predicted molar refractivity (Wildman–Crippen MR) is 80.5 cm³/mol. The Morgan fingerprint density at radius 2 is 1.90 bits per heavy atom. The van der Waals surface area contributed by atoms with Crippen molar-refractivity contribution in [2.24, 2.45) is 5.92 Å². The molecular weight excluding hydrogens is 276 g/mol. The lowest BCUT2D eigenvalue weighted by Gasteiger charge is -2.26. The highest BCUT2D eigenvalue weighted by Gasteiger charge is 2.16. The molecule has 0 N–H and O–H groups in total. The van der Waals surface area contributed by atoms with Crippen LogP contribution in [0.4, 0.5) is 5.95 Å².